The summed E-state index contributed by atoms with van der Waals surface area (Å²) < 4.78 is 0. The lowest BCUT2D eigenvalue weighted by atomic mass is 10.1. The van der Waals surface area contributed by atoms with E-state index in [1.807, 2.05) is 48.5 Å². The van der Waals surface area contributed by atoms with Gasteiger partial charge in [0.25, 0.3) is 0 Å². The van der Waals surface area contributed by atoms with Crippen molar-refractivity contribution in [2.75, 3.05) is 23.7 Å². The summed E-state index contributed by atoms with van der Waals surface area (Å²) >= 11 is 0. The zero-order valence-corrected chi connectivity index (χ0v) is 14.1. The highest BCUT2D eigenvalue weighted by Crippen LogP contribution is 2.15. The molecule has 5 nitrogen and oxygen atoms in total. The van der Waals surface area contributed by atoms with E-state index in [9.17, 15) is 9.59 Å². The molecule has 0 aromatic heterocycles. The maximum absolute atomic E-state index is 12.1. The van der Waals surface area contributed by atoms with Gasteiger partial charge in [-0.15, -0.1) is 6.58 Å². The molecule has 0 atom stereocenters. The molecule has 0 bridgehead atoms. The highest BCUT2D eigenvalue weighted by molar-refractivity contribution is 5.91. The van der Waals surface area contributed by atoms with Gasteiger partial charge in [0.2, 0.25) is 11.8 Å². The first-order valence-corrected chi connectivity index (χ1v) is 8.22. The van der Waals surface area contributed by atoms with Gasteiger partial charge in [0.15, 0.2) is 0 Å². The first kappa shape index (κ1) is 18.3. The van der Waals surface area contributed by atoms with Gasteiger partial charge >= 0.3 is 0 Å². The minimum atomic E-state index is -0.114. The lowest BCUT2D eigenvalue weighted by Gasteiger charge is -2.10. The van der Waals surface area contributed by atoms with Crippen LogP contribution in [0.25, 0.3) is 0 Å². The summed E-state index contributed by atoms with van der Waals surface area (Å²) in [6, 6.07) is 17.2. The summed E-state index contributed by atoms with van der Waals surface area (Å²) in [5.74, 6) is -0.151. The molecule has 0 spiro atoms. The van der Waals surface area contributed by atoms with E-state index < -0.39 is 0 Å². The Morgan fingerprint density at radius 3 is 2.48 bits per heavy atom. The van der Waals surface area contributed by atoms with Crippen molar-refractivity contribution in [2.24, 2.45) is 0 Å². The Bertz CT molecular complexity index is 714. The Morgan fingerprint density at radius 2 is 1.72 bits per heavy atom. The second-order valence-electron chi connectivity index (χ2n) is 5.56. The van der Waals surface area contributed by atoms with Gasteiger partial charge in [-0.2, -0.15) is 0 Å². The monoisotopic (exact) mass is 337 g/mol. The van der Waals surface area contributed by atoms with E-state index in [1.54, 1.807) is 12.1 Å². The quantitative estimate of drug-likeness (QED) is 0.616. The van der Waals surface area contributed by atoms with Gasteiger partial charge in [-0.25, -0.2) is 0 Å². The van der Waals surface area contributed by atoms with E-state index >= 15 is 0 Å². The zero-order chi connectivity index (χ0) is 17.9. The predicted octanol–water partition coefficient (Wildman–Crippen LogP) is 2.97. The molecule has 0 aliphatic rings. The summed E-state index contributed by atoms with van der Waals surface area (Å²) in [6.07, 6.45) is 2.75. The number of rotatable bonds is 9. The number of carbonyl (C=O) groups excluding carboxylic acids is 2. The lowest BCUT2D eigenvalue weighted by molar-refractivity contribution is -0.119. The molecular formula is C20H23N3O2. The molecule has 25 heavy (non-hydrogen) atoms. The average Bonchev–Trinajstić information content (AvgIpc) is 2.64. The van der Waals surface area contributed by atoms with Crippen molar-refractivity contribution < 1.29 is 9.59 Å². The number of amides is 2. The maximum atomic E-state index is 12.1. The Morgan fingerprint density at radius 1 is 0.960 bits per heavy atom. The fourth-order valence-electron chi connectivity index (χ4n) is 2.26. The van der Waals surface area contributed by atoms with Crippen LogP contribution in [0.5, 0.6) is 0 Å². The average molecular weight is 337 g/mol. The largest absolute Gasteiger partial charge is 0.376 e. The van der Waals surface area contributed by atoms with E-state index in [1.165, 1.54) is 0 Å². The minimum absolute atomic E-state index is 0.0373. The van der Waals surface area contributed by atoms with Gasteiger partial charge in [0, 0.05) is 24.3 Å². The van der Waals surface area contributed by atoms with E-state index in [4.69, 9.17) is 0 Å². The second kappa shape index (κ2) is 9.93. The van der Waals surface area contributed by atoms with Crippen LogP contribution in [-0.4, -0.2) is 24.9 Å². The Labute approximate surface area is 148 Å². The van der Waals surface area contributed by atoms with Crippen molar-refractivity contribution in [3.63, 3.8) is 0 Å². The molecule has 3 N–H and O–H groups in total. The third kappa shape index (κ3) is 6.91. The molecular weight excluding hydrogens is 314 g/mol. The van der Waals surface area contributed by atoms with E-state index in [-0.39, 0.29) is 18.4 Å². The van der Waals surface area contributed by atoms with Crippen LogP contribution in [0.2, 0.25) is 0 Å². The molecule has 0 aliphatic carbocycles. The Hall–Kier alpha value is -3.08. The number of benzene rings is 2. The topological polar surface area (TPSA) is 70.2 Å². The molecule has 0 radical (unpaired) electrons. The molecule has 2 aromatic carbocycles. The third-order valence-corrected chi connectivity index (χ3v) is 3.53. The predicted molar refractivity (Wildman–Crippen MR) is 102 cm³/mol. The van der Waals surface area contributed by atoms with Crippen LogP contribution in [0, 0.1) is 0 Å². The van der Waals surface area contributed by atoms with Crippen molar-refractivity contribution in [1.29, 1.82) is 0 Å². The SMILES string of the molecule is C=CCNC(=O)CNc1cccc(NC(=O)CCc2ccccc2)c1. The van der Waals surface area contributed by atoms with Gasteiger partial charge in [-0.3, -0.25) is 9.59 Å². The minimum Gasteiger partial charge on any atom is -0.376 e. The molecule has 2 aromatic rings. The van der Waals surface area contributed by atoms with Crippen molar-refractivity contribution in [3.8, 4) is 0 Å². The van der Waals surface area contributed by atoms with Crippen molar-refractivity contribution in [3.05, 3.63) is 72.8 Å². The second-order valence-corrected chi connectivity index (χ2v) is 5.56. The molecule has 5 heteroatoms. The molecule has 130 valence electrons. The van der Waals surface area contributed by atoms with Crippen LogP contribution in [0.3, 0.4) is 0 Å². The van der Waals surface area contributed by atoms with Crippen molar-refractivity contribution in [1.82, 2.24) is 5.32 Å². The number of hydrogen-bond donors (Lipinski definition) is 3. The lowest BCUT2D eigenvalue weighted by Crippen LogP contribution is -2.29. The van der Waals surface area contributed by atoms with Gasteiger partial charge < -0.3 is 16.0 Å². The number of anilines is 2. The van der Waals surface area contributed by atoms with Crippen LogP contribution >= 0.6 is 0 Å². The Balaban J connectivity index is 1.80. The van der Waals surface area contributed by atoms with Gasteiger partial charge in [0.1, 0.15) is 0 Å². The van der Waals surface area contributed by atoms with Crippen LogP contribution in [0.1, 0.15) is 12.0 Å². The van der Waals surface area contributed by atoms with Crippen molar-refractivity contribution >= 4 is 23.2 Å². The fraction of sp³-hybridized carbons (Fsp3) is 0.200. The molecule has 0 fully saturated rings. The van der Waals surface area contributed by atoms with Gasteiger partial charge in [0.05, 0.1) is 6.54 Å². The first-order valence-electron chi connectivity index (χ1n) is 8.22. The summed E-state index contributed by atoms with van der Waals surface area (Å²) in [5.41, 5.74) is 2.61. The van der Waals surface area contributed by atoms with Crippen LogP contribution < -0.4 is 16.0 Å². The maximum Gasteiger partial charge on any atom is 0.239 e. The summed E-state index contributed by atoms with van der Waals surface area (Å²) in [6.45, 7) is 4.16. The van der Waals surface area contributed by atoms with Gasteiger partial charge in [-0.1, -0.05) is 42.5 Å². The molecule has 0 aliphatic heterocycles. The number of hydrogen-bond acceptors (Lipinski definition) is 3. The molecule has 2 amide bonds. The van der Waals surface area contributed by atoms with Crippen LogP contribution in [0.15, 0.2) is 67.3 Å². The molecule has 0 heterocycles. The summed E-state index contributed by atoms with van der Waals surface area (Å²) in [5, 5.41) is 8.60. The van der Waals surface area contributed by atoms with Crippen LogP contribution in [-0.2, 0) is 16.0 Å². The van der Waals surface area contributed by atoms with Gasteiger partial charge in [-0.05, 0) is 30.2 Å². The standard InChI is InChI=1S/C20H23N3O2/c1-2-13-21-20(25)15-22-17-9-6-10-18(14-17)23-19(24)12-11-16-7-4-3-5-8-16/h2-10,14,22H,1,11-13,15H2,(H,21,25)(H,23,24). The normalized spacial score (nSPS) is 9.92. The number of nitrogens with one attached hydrogen (secondary N) is 3. The molecule has 0 unspecified atom stereocenters. The summed E-state index contributed by atoms with van der Waals surface area (Å²) in [7, 11) is 0. The van der Waals surface area contributed by atoms with E-state index in [0.717, 1.165) is 11.3 Å². The molecule has 0 saturated heterocycles. The van der Waals surface area contributed by atoms with Crippen molar-refractivity contribution in [2.45, 2.75) is 12.8 Å². The van der Waals surface area contributed by atoms with Crippen LogP contribution in [0.4, 0.5) is 11.4 Å². The molecule has 0 saturated carbocycles. The highest BCUT2D eigenvalue weighted by atomic mass is 16.2. The smallest absolute Gasteiger partial charge is 0.239 e. The number of aryl methyl sites for hydroxylation is 1. The highest BCUT2D eigenvalue weighted by Gasteiger charge is 2.05. The number of carbonyl (C=O) groups is 2. The fourth-order valence-corrected chi connectivity index (χ4v) is 2.26. The molecule has 2 rings (SSSR count). The van der Waals surface area contributed by atoms with E-state index in [2.05, 4.69) is 22.5 Å². The first-order chi connectivity index (χ1) is 12.2. The third-order valence-electron chi connectivity index (χ3n) is 3.53. The van der Waals surface area contributed by atoms with E-state index in [0.29, 0.717) is 25.1 Å². The Kier molecular flexibility index (Phi) is 7.25. The zero-order valence-electron chi connectivity index (χ0n) is 14.1. The summed E-state index contributed by atoms with van der Waals surface area (Å²) in [4.78, 5) is 23.6.